The lowest BCUT2D eigenvalue weighted by atomic mass is 10.1. The number of hydrogen-bond acceptors (Lipinski definition) is 2. The summed E-state index contributed by atoms with van der Waals surface area (Å²) in [6.07, 6.45) is 0. The lowest BCUT2D eigenvalue weighted by Gasteiger charge is -2.08. The molecule has 3 nitrogen and oxygen atoms in total. The first-order valence-corrected chi connectivity index (χ1v) is 4.75. The van der Waals surface area contributed by atoms with Crippen LogP contribution in [0, 0.1) is 6.92 Å². The minimum absolute atomic E-state index is 0.0119. The van der Waals surface area contributed by atoms with Crippen LogP contribution in [0.3, 0.4) is 0 Å². The van der Waals surface area contributed by atoms with Gasteiger partial charge in [0.25, 0.3) is 5.91 Å². The fraction of sp³-hybridized carbons (Fsp3) is 0.364. The molecule has 0 saturated heterocycles. The van der Waals surface area contributed by atoms with E-state index >= 15 is 0 Å². The van der Waals surface area contributed by atoms with E-state index in [1.807, 2.05) is 39.1 Å². The predicted molar refractivity (Wildman–Crippen MR) is 58.7 cm³/mol. The average molecular weight is 192 g/mol. The van der Waals surface area contributed by atoms with Gasteiger partial charge in [-0.05, 0) is 31.5 Å². The van der Waals surface area contributed by atoms with Gasteiger partial charge in [-0.2, -0.15) is 0 Å². The van der Waals surface area contributed by atoms with E-state index in [9.17, 15) is 4.79 Å². The van der Waals surface area contributed by atoms with E-state index in [4.69, 9.17) is 0 Å². The van der Waals surface area contributed by atoms with Crippen LogP contribution in [0.15, 0.2) is 18.2 Å². The van der Waals surface area contributed by atoms with Crippen LogP contribution in [0.1, 0.15) is 22.8 Å². The Kier molecular flexibility index (Phi) is 3.51. The highest BCUT2D eigenvalue weighted by atomic mass is 16.1. The summed E-state index contributed by atoms with van der Waals surface area (Å²) in [5.74, 6) is -0.0119. The molecule has 0 atom stereocenters. The molecule has 1 aromatic carbocycles. The monoisotopic (exact) mass is 192 g/mol. The predicted octanol–water partition coefficient (Wildman–Crippen LogP) is 1.79. The van der Waals surface area contributed by atoms with Crippen molar-refractivity contribution in [3.05, 3.63) is 29.3 Å². The lowest BCUT2D eigenvalue weighted by Crippen LogP contribution is -2.23. The van der Waals surface area contributed by atoms with E-state index in [1.54, 1.807) is 0 Å². The van der Waals surface area contributed by atoms with Crippen LogP contribution in [0.2, 0.25) is 0 Å². The molecule has 0 unspecified atom stereocenters. The van der Waals surface area contributed by atoms with Gasteiger partial charge in [0, 0.05) is 24.8 Å². The van der Waals surface area contributed by atoms with E-state index in [0.29, 0.717) is 6.54 Å². The van der Waals surface area contributed by atoms with Crippen molar-refractivity contribution < 1.29 is 4.79 Å². The first-order chi connectivity index (χ1) is 6.69. The molecular formula is C11H16N2O. The van der Waals surface area contributed by atoms with Gasteiger partial charge in [-0.15, -0.1) is 0 Å². The summed E-state index contributed by atoms with van der Waals surface area (Å²) in [6.45, 7) is 4.50. The molecule has 0 radical (unpaired) electrons. The van der Waals surface area contributed by atoms with Gasteiger partial charge in [0.1, 0.15) is 0 Å². The Morgan fingerprint density at radius 1 is 1.43 bits per heavy atom. The van der Waals surface area contributed by atoms with Crippen molar-refractivity contribution in [3.8, 4) is 0 Å². The van der Waals surface area contributed by atoms with Gasteiger partial charge < -0.3 is 10.6 Å². The number of aryl methyl sites for hydroxylation is 1. The molecule has 14 heavy (non-hydrogen) atoms. The van der Waals surface area contributed by atoms with E-state index in [1.165, 1.54) is 0 Å². The minimum atomic E-state index is -0.0119. The van der Waals surface area contributed by atoms with Crippen molar-refractivity contribution in [2.24, 2.45) is 0 Å². The van der Waals surface area contributed by atoms with Gasteiger partial charge in [-0.25, -0.2) is 0 Å². The molecule has 1 aromatic rings. The Bertz CT molecular complexity index is 334. The number of amides is 1. The van der Waals surface area contributed by atoms with Crippen molar-refractivity contribution in [1.29, 1.82) is 0 Å². The van der Waals surface area contributed by atoms with Gasteiger partial charge in [0.15, 0.2) is 0 Å². The molecule has 0 aromatic heterocycles. The molecule has 1 amide bonds. The molecule has 0 bridgehead atoms. The third kappa shape index (κ3) is 2.25. The van der Waals surface area contributed by atoms with E-state index in [2.05, 4.69) is 10.6 Å². The van der Waals surface area contributed by atoms with Crippen LogP contribution in [0.4, 0.5) is 5.69 Å². The third-order valence-corrected chi connectivity index (χ3v) is 2.11. The zero-order valence-corrected chi connectivity index (χ0v) is 8.85. The average Bonchev–Trinajstić information content (AvgIpc) is 2.19. The normalized spacial score (nSPS) is 9.64. The largest absolute Gasteiger partial charge is 0.388 e. The number of rotatable bonds is 3. The van der Waals surface area contributed by atoms with Crippen LogP contribution in [0.25, 0.3) is 0 Å². The summed E-state index contributed by atoms with van der Waals surface area (Å²) in [7, 11) is 1.84. The second-order valence-electron chi connectivity index (χ2n) is 3.14. The maximum atomic E-state index is 11.6. The van der Waals surface area contributed by atoms with Gasteiger partial charge in [-0.1, -0.05) is 6.07 Å². The quantitative estimate of drug-likeness (QED) is 0.766. The van der Waals surface area contributed by atoms with Crippen molar-refractivity contribution in [2.75, 3.05) is 18.9 Å². The number of benzene rings is 1. The highest BCUT2D eigenvalue weighted by Gasteiger charge is 2.07. The maximum Gasteiger partial charge on any atom is 0.251 e. The fourth-order valence-corrected chi connectivity index (χ4v) is 1.28. The zero-order chi connectivity index (χ0) is 10.6. The highest BCUT2D eigenvalue weighted by molar-refractivity contribution is 5.96. The number of anilines is 1. The van der Waals surface area contributed by atoms with Crippen LogP contribution in [0.5, 0.6) is 0 Å². The van der Waals surface area contributed by atoms with Crippen LogP contribution >= 0.6 is 0 Å². The summed E-state index contributed by atoms with van der Waals surface area (Å²) in [6, 6.07) is 5.76. The van der Waals surface area contributed by atoms with E-state index in [0.717, 1.165) is 16.8 Å². The molecule has 1 rings (SSSR count). The summed E-state index contributed by atoms with van der Waals surface area (Å²) >= 11 is 0. The van der Waals surface area contributed by atoms with Gasteiger partial charge >= 0.3 is 0 Å². The molecule has 0 fully saturated rings. The Morgan fingerprint density at radius 3 is 2.71 bits per heavy atom. The van der Waals surface area contributed by atoms with Gasteiger partial charge in [0.05, 0.1) is 0 Å². The molecule has 0 aliphatic heterocycles. The Labute approximate surface area is 84.5 Å². The second-order valence-corrected chi connectivity index (χ2v) is 3.14. The zero-order valence-electron chi connectivity index (χ0n) is 8.85. The van der Waals surface area contributed by atoms with Crippen LogP contribution in [-0.4, -0.2) is 19.5 Å². The summed E-state index contributed by atoms with van der Waals surface area (Å²) < 4.78 is 0. The summed E-state index contributed by atoms with van der Waals surface area (Å²) in [4.78, 5) is 11.6. The van der Waals surface area contributed by atoms with Crippen molar-refractivity contribution >= 4 is 11.6 Å². The molecular weight excluding hydrogens is 176 g/mol. The second kappa shape index (κ2) is 4.65. The lowest BCUT2D eigenvalue weighted by molar-refractivity contribution is 0.0955. The third-order valence-electron chi connectivity index (χ3n) is 2.11. The first kappa shape index (κ1) is 10.6. The molecule has 0 heterocycles. The smallest absolute Gasteiger partial charge is 0.251 e. The minimum Gasteiger partial charge on any atom is -0.388 e. The summed E-state index contributed by atoms with van der Waals surface area (Å²) in [5.41, 5.74) is 2.69. The Hall–Kier alpha value is -1.51. The molecule has 0 aliphatic rings. The molecule has 76 valence electrons. The number of carbonyl (C=O) groups excluding carboxylic acids is 1. The molecule has 2 N–H and O–H groups in total. The van der Waals surface area contributed by atoms with Gasteiger partial charge in [0.2, 0.25) is 0 Å². The SMILES string of the molecule is CCNC(=O)c1cc(NC)ccc1C. The standard InChI is InChI=1S/C11H16N2O/c1-4-13-11(14)10-7-9(12-3)6-5-8(10)2/h5-7,12H,4H2,1-3H3,(H,13,14). The van der Waals surface area contributed by atoms with Crippen LogP contribution in [-0.2, 0) is 0 Å². The van der Waals surface area contributed by atoms with E-state index in [-0.39, 0.29) is 5.91 Å². The highest BCUT2D eigenvalue weighted by Crippen LogP contribution is 2.14. The maximum absolute atomic E-state index is 11.6. The number of carbonyl (C=O) groups is 1. The molecule has 3 heteroatoms. The van der Waals surface area contributed by atoms with E-state index < -0.39 is 0 Å². The summed E-state index contributed by atoms with van der Waals surface area (Å²) in [5, 5.41) is 5.80. The van der Waals surface area contributed by atoms with Gasteiger partial charge in [-0.3, -0.25) is 4.79 Å². The van der Waals surface area contributed by atoms with Crippen molar-refractivity contribution in [2.45, 2.75) is 13.8 Å². The fourth-order valence-electron chi connectivity index (χ4n) is 1.28. The molecule has 0 aliphatic carbocycles. The number of nitrogens with one attached hydrogen (secondary N) is 2. The molecule has 0 saturated carbocycles. The Morgan fingerprint density at radius 2 is 2.14 bits per heavy atom. The van der Waals surface area contributed by atoms with Crippen molar-refractivity contribution in [1.82, 2.24) is 5.32 Å². The first-order valence-electron chi connectivity index (χ1n) is 4.75. The topological polar surface area (TPSA) is 41.1 Å². The van der Waals surface area contributed by atoms with Crippen LogP contribution < -0.4 is 10.6 Å². The molecule has 0 spiro atoms. The Balaban J connectivity index is 2.99. The van der Waals surface area contributed by atoms with Crippen molar-refractivity contribution in [3.63, 3.8) is 0 Å². The number of hydrogen-bond donors (Lipinski definition) is 2.